The van der Waals surface area contributed by atoms with E-state index in [-0.39, 0.29) is 15.7 Å². The molecule has 0 aliphatic rings. The molecule has 3 aromatic rings. The van der Waals surface area contributed by atoms with Crippen LogP contribution in [0.5, 0.6) is 5.75 Å². The van der Waals surface area contributed by atoms with Crippen molar-refractivity contribution in [2.75, 3.05) is 4.72 Å². The number of halogens is 3. The molecule has 0 spiro atoms. The molecule has 0 atom stereocenters. The van der Waals surface area contributed by atoms with Gasteiger partial charge in [-0.3, -0.25) is 9.82 Å². The Kier molecular flexibility index (Phi) is 4.29. The number of H-pyrrole nitrogens is 1. The molecule has 0 amide bonds. The predicted molar refractivity (Wildman–Crippen MR) is 85.0 cm³/mol. The Hall–Kier alpha value is -2.39. The van der Waals surface area contributed by atoms with Crippen LogP contribution in [-0.4, -0.2) is 25.2 Å². The fourth-order valence-electron chi connectivity index (χ4n) is 2.10. The minimum Gasteiger partial charge on any atom is -0.433 e. The Morgan fingerprint density at radius 2 is 2.04 bits per heavy atom. The molecule has 0 saturated carbocycles. The summed E-state index contributed by atoms with van der Waals surface area (Å²) < 4.78 is 56.0. The van der Waals surface area contributed by atoms with E-state index in [1.807, 2.05) is 0 Å². The van der Waals surface area contributed by atoms with Gasteiger partial charge in [-0.2, -0.15) is 13.9 Å². The summed E-state index contributed by atoms with van der Waals surface area (Å²) in [5.74, 6) is -0.303. The molecule has 0 unspecified atom stereocenters. The number of benzene rings is 2. The molecular weight excluding hydrogens is 364 g/mol. The van der Waals surface area contributed by atoms with Gasteiger partial charge in [-0.25, -0.2) is 8.42 Å². The van der Waals surface area contributed by atoms with Crippen molar-refractivity contribution in [3.05, 3.63) is 47.6 Å². The highest BCUT2D eigenvalue weighted by Gasteiger charge is 2.18. The number of rotatable bonds is 5. The van der Waals surface area contributed by atoms with Crippen LogP contribution < -0.4 is 9.46 Å². The Labute approximate surface area is 140 Å². The number of nitrogens with zero attached hydrogens (tertiary/aromatic N) is 1. The van der Waals surface area contributed by atoms with Gasteiger partial charge in [0.1, 0.15) is 5.75 Å². The minimum atomic E-state index is -3.97. The van der Waals surface area contributed by atoms with Crippen LogP contribution >= 0.6 is 11.6 Å². The lowest BCUT2D eigenvalue weighted by molar-refractivity contribution is -0.0498. The van der Waals surface area contributed by atoms with E-state index in [1.165, 1.54) is 6.20 Å². The average Bonchev–Trinajstić information content (AvgIpc) is 2.98. The van der Waals surface area contributed by atoms with Gasteiger partial charge >= 0.3 is 6.61 Å². The van der Waals surface area contributed by atoms with Crippen LogP contribution in [0.2, 0.25) is 5.02 Å². The van der Waals surface area contributed by atoms with Gasteiger partial charge in [-0.05, 0) is 30.3 Å². The second-order valence-electron chi connectivity index (χ2n) is 4.71. The lowest BCUT2D eigenvalue weighted by Gasteiger charge is -2.11. The van der Waals surface area contributed by atoms with Crippen LogP contribution in [-0.2, 0) is 10.0 Å². The zero-order valence-corrected chi connectivity index (χ0v) is 13.4. The quantitative estimate of drug-likeness (QED) is 0.715. The number of aromatic nitrogens is 2. The number of sulfonamides is 1. The first-order valence-corrected chi connectivity index (χ1v) is 8.42. The molecule has 0 saturated heterocycles. The third-order valence-corrected chi connectivity index (χ3v) is 4.82. The third kappa shape index (κ3) is 3.26. The van der Waals surface area contributed by atoms with Crippen molar-refractivity contribution in [2.24, 2.45) is 0 Å². The Balaban J connectivity index is 1.93. The summed E-state index contributed by atoms with van der Waals surface area (Å²) in [6.07, 6.45) is 1.49. The summed E-state index contributed by atoms with van der Waals surface area (Å²) >= 11 is 5.79. The van der Waals surface area contributed by atoms with Gasteiger partial charge in [-0.1, -0.05) is 17.7 Å². The van der Waals surface area contributed by atoms with E-state index >= 15 is 0 Å². The van der Waals surface area contributed by atoms with E-state index < -0.39 is 16.6 Å². The number of ether oxygens (including phenoxy) is 1. The molecule has 2 N–H and O–H groups in total. The topological polar surface area (TPSA) is 84.1 Å². The van der Waals surface area contributed by atoms with Gasteiger partial charge in [0.2, 0.25) is 0 Å². The minimum absolute atomic E-state index is 0.186. The maximum Gasteiger partial charge on any atom is 0.387 e. The number of alkyl halides is 2. The van der Waals surface area contributed by atoms with E-state index in [9.17, 15) is 17.2 Å². The summed E-state index contributed by atoms with van der Waals surface area (Å²) in [7, 11) is -3.97. The lowest BCUT2D eigenvalue weighted by Crippen LogP contribution is -2.13. The third-order valence-electron chi connectivity index (χ3n) is 3.16. The maximum atomic E-state index is 12.5. The van der Waals surface area contributed by atoms with Crippen molar-refractivity contribution in [1.82, 2.24) is 10.2 Å². The zero-order chi connectivity index (χ0) is 17.3. The van der Waals surface area contributed by atoms with Crippen LogP contribution in [0.1, 0.15) is 0 Å². The van der Waals surface area contributed by atoms with Crippen LogP contribution in [0.4, 0.5) is 14.5 Å². The molecule has 0 aliphatic carbocycles. The van der Waals surface area contributed by atoms with Gasteiger partial charge < -0.3 is 4.74 Å². The number of hydrogen-bond donors (Lipinski definition) is 2. The van der Waals surface area contributed by atoms with Gasteiger partial charge in [0.25, 0.3) is 10.0 Å². The van der Waals surface area contributed by atoms with Gasteiger partial charge in [0, 0.05) is 5.39 Å². The molecule has 0 aliphatic heterocycles. The number of nitrogens with one attached hydrogen (secondary N) is 2. The average molecular weight is 374 g/mol. The van der Waals surface area contributed by atoms with Crippen LogP contribution in [0.3, 0.4) is 0 Å². The van der Waals surface area contributed by atoms with E-state index in [0.717, 1.165) is 18.2 Å². The first-order chi connectivity index (χ1) is 11.4. The van der Waals surface area contributed by atoms with Crippen LogP contribution in [0.15, 0.2) is 47.5 Å². The van der Waals surface area contributed by atoms with E-state index in [2.05, 4.69) is 19.7 Å². The van der Waals surface area contributed by atoms with Crippen molar-refractivity contribution in [3.8, 4) is 5.75 Å². The number of aromatic amines is 1. The van der Waals surface area contributed by atoms with Crippen LogP contribution in [0.25, 0.3) is 10.9 Å². The first kappa shape index (κ1) is 16.5. The molecule has 0 fully saturated rings. The molecule has 3 rings (SSSR count). The monoisotopic (exact) mass is 373 g/mol. The summed E-state index contributed by atoms with van der Waals surface area (Å²) in [6.45, 7) is -3.05. The fourth-order valence-corrected chi connectivity index (χ4v) is 3.50. The summed E-state index contributed by atoms with van der Waals surface area (Å²) in [4.78, 5) is -0.186. The van der Waals surface area contributed by atoms with Crippen LogP contribution in [0, 0.1) is 0 Å². The van der Waals surface area contributed by atoms with E-state index in [1.54, 1.807) is 18.2 Å². The Morgan fingerprint density at radius 3 is 2.75 bits per heavy atom. The molecule has 6 nitrogen and oxygen atoms in total. The molecule has 1 aromatic heterocycles. The van der Waals surface area contributed by atoms with E-state index in [0.29, 0.717) is 16.6 Å². The fraction of sp³-hybridized carbons (Fsp3) is 0.0714. The maximum absolute atomic E-state index is 12.5. The standard InChI is InChI=1S/C14H10ClF2N3O3S/c15-10-6-8(4-5-13(10)23-14(16)17)24(21,22)20-12-3-1-2-11-9(12)7-18-19-11/h1-7,14,20H,(H,18,19). The number of hydrogen-bond acceptors (Lipinski definition) is 4. The molecule has 2 aromatic carbocycles. The van der Waals surface area contributed by atoms with Gasteiger partial charge in [-0.15, -0.1) is 0 Å². The van der Waals surface area contributed by atoms with Crippen molar-refractivity contribution in [1.29, 1.82) is 0 Å². The molecule has 126 valence electrons. The smallest absolute Gasteiger partial charge is 0.387 e. The zero-order valence-electron chi connectivity index (χ0n) is 11.8. The summed E-state index contributed by atoms with van der Waals surface area (Å²) in [5, 5.41) is 6.93. The molecule has 0 radical (unpaired) electrons. The largest absolute Gasteiger partial charge is 0.433 e. The van der Waals surface area contributed by atoms with Gasteiger partial charge in [0.15, 0.2) is 0 Å². The normalized spacial score (nSPS) is 11.8. The molecule has 10 heteroatoms. The highest BCUT2D eigenvalue weighted by molar-refractivity contribution is 7.92. The lowest BCUT2D eigenvalue weighted by atomic mass is 10.2. The number of anilines is 1. The SMILES string of the molecule is O=S(=O)(Nc1cccc2[nH]ncc12)c1ccc(OC(F)F)c(Cl)c1. The molecular formula is C14H10ClF2N3O3S. The summed E-state index contributed by atoms with van der Waals surface area (Å²) in [6, 6.07) is 8.21. The van der Waals surface area contributed by atoms with Crippen molar-refractivity contribution in [3.63, 3.8) is 0 Å². The van der Waals surface area contributed by atoms with E-state index in [4.69, 9.17) is 11.6 Å². The van der Waals surface area contributed by atoms with Crippen molar-refractivity contribution in [2.45, 2.75) is 11.5 Å². The predicted octanol–water partition coefficient (Wildman–Crippen LogP) is 3.62. The van der Waals surface area contributed by atoms with Crippen molar-refractivity contribution < 1.29 is 21.9 Å². The van der Waals surface area contributed by atoms with Gasteiger partial charge in [0.05, 0.1) is 27.3 Å². The second-order valence-corrected chi connectivity index (χ2v) is 6.80. The molecule has 1 heterocycles. The Bertz CT molecular complexity index is 992. The number of fused-ring (bicyclic) bond motifs is 1. The molecule has 0 bridgehead atoms. The molecule has 24 heavy (non-hydrogen) atoms. The van der Waals surface area contributed by atoms with Crippen molar-refractivity contribution >= 4 is 38.2 Å². The summed E-state index contributed by atoms with van der Waals surface area (Å²) in [5.41, 5.74) is 0.985. The Morgan fingerprint density at radius 1 is 1.25 bits per heavy atom. The highest BCUT2D eigenvalue weighted by atomic mass is 35.5. The highest BCUT2D eigenvalue weighted by Crippen LogP contribution is 2.30. The first-order valence-electron chi connectivity index (χ1n) is 6.56. The second kappa shape index (κ2) is 6.25.